The zero-order chi connectivity index (χ0) is 15.3. The maximum atomic E-state index is 11.9. The molecule has 110 valence electrons. The second kappa shape index (κ2) is 6.41. The molecule has 4 heteroatoms. The Kier molecular flexibility index (Phi) is 4.60. The first kappa shape index (κ1) is 15.1. The molecule has 0 spiro atoms. The summed E-state index contributed by atoms with van der Waals surface area (Å²) in [4.78, 5) is 11.9. The first-order valence-corrected chi connectivity index (χ1v) is 6.71. The number of carbonyl (C=O) groups is 1. The fraction of sp³-hybridized carbons (Fsp3) is 0.235. The summed E-state index contributed by atoms with van der Waals surface area (Å²) < 4.78 is 5.18. The highest BCUT2D eigenvalue weighted by Gasteiger charge is 2.40. The van der Waals surface area contributed by atoms with Crippen molar-refractivity contribution in [2.75, 3.05) is 19.0 Å². The lowest BCUT2D eigenvalue weighted by Crippen LogP contribution is -2.47. The minimum absolute atomic E-state index is 0.0280. The van der Waals surface area contributed by atoms with Crippen LogP contribution in [0.3, 0.4) is 0 Å². The Bertz CT molecular complexity index is 595. The molecule has 0 radical (unpaired) electrons. The standard InChI is InChI=1S/C17H19NO3/c1-13-8-10-15(11-9-13)18-17(12-21-2,16(19)20)14-6-4-3-5-7-14/h3-11,18H,12H2,1-2H3,(H,19,20). The van der Waals surface area contributed by atoms with Gasteiger partial charge in [0.2, 0.25) is 0 Å². The minimum Gasteiger partial charge on any atom is -0.479 e. The molecule has 0 aromatic heterocycles. The van der Waals surface area contributed by atoms with Crippen molar-refractivity contribution >= 4 is 11.7 Å². The van der Waals surface area contributed by atoms with Gasteiger partial charge < -0.3 is 15.2 Å². The average molecular weight is 285 g/mol. The smallest absolute Gasteiger partial charge is 0.336 e. The van der Waals surface area contributed by atoms with E-state index < -0.39 is 11.5 Å². The third-order valence-corrected chi connectivity index (χ3v) is 3.40. The molecule has 2 N–H and O–H groups in total. The van der Waals surface area contributed by atoms with Crippen LogP contribution in [0.2, 0.25) is 0 Å². The first-order valence-electron chi connectivity index (χ1n) is 6.71. The number of methoxy groups -OCH3 is 1. The summed E-state index contributed by atoms with van der Waals surface area (Å²) in [6.45, 7) is 2.01. The molecule has 2 rings (SSSR count). The Morgan fingerprint density at radius 2 is 1.76 bits per heavy atom. The summed E-state index contributed by atoms with van der Waals surface area (Å²) in [7, 11) is 1.50. The summed E-state index contributed by atoms with van der Waals surface area (Å²) in [6.07, 6.45) is 0. The van der Waals surface area contributed by atoms with Gasteiger partial charge in [0.05, 0.1) is 6.61 Å². The topological polar surface area (TPSA) is 58.6 Å². The number of rotatable bonds is 6. The molecule has 2 aromatic carbocycles. The number of carboxylic acid groups (broad SMARTS) is 1. The van der Waals surface area contributed by atoms with Gasteiger partial charge in [-0.2, -0.15) is 0 Å². The number of hydrogen-bond acceptors (Lipinski definition) is 3. The molecule has 0 heterocycles. The molecular formula is C17H19NO3. The summed E-state index contributed by atoms with van der Waals surface area (Å²) in [5.74, 6) is -0.976. The molecule has 0 saturated heterocycles. The second-order valence-corrected chi connectivity index (χ2v) is 5.00. The van der Waals surface area contributed by atoms with Crippen LogP contribution in [0, 0.1) is 6.92 Å². The van der Waals surface area contributed by atoms with E-state index in [9.17, 15) is 9.90 Å². The third kappa shape index (κ3) is 3.23. The van der Waals surface area contributed by atoms with E-state index in [1.165, 1.54) is 7.11 Å². The molecule has 2 aromatic rings. The lowest BCUT2D eigenvalue weighted by molar-refractivity contribution is -0.144. The summed E-state index contributed by atoms with van der Waals surface area (Å²) >= 11 is 0. The van der Waals surface area contributed by atoms with Crippen molar-refractivity contribution in [2.24, 2.45) is 0 Å². The molecule has 1 atom stereocenters. The van der Waals surface area contributed by atoms with Gasteiger partial charge in [0.1, 0.15) is 0 Å². The molecule has 0 bridgehead atoms. The van der Waals surface area contributed by atoms with Crippen molar-refractivity contribution in [1.82, 2.24) is 0 Å². The van der Waals surface area contributed by atoms with E-state index in [4.69, 9.17) is 4.74 Å². The SMILES string of the molecule is COCC(Nc1ccc(C)cc1)(C(=O)O)c1ccccc1. The number of nitrogens with one attached hydrogen (secondary N) is 1. The van der Waals surface area contributed by atoms with Crippen molar-refractivity contribution in [3.8, 4) is 0 Å². The molecule has 0 aliphatic heterocycles. The summed E-state index contributed by atoms with van der Waals surface area (Å²) in [5.41, 5.74) is 1.20. The van der Waals surface area contributed by atoms with Gasteiger partial charge in [0.25, 0.3) is 0 Å². The monoisotopic (exact) mass is 285 g/mol. The van der Waals surface area contributed by atoms with Gasteiger partial charge in [-0.1, -0.05) is 48.0 Å². The normalized spacial score (nSPS) is 13.4. The lowest BCUT2D eigenvalue weighted by Gasteiger charge is -2.31. The molecular weight excluding hydrogens is 266 g/mol. The van der Waals surface area contributed by atoms with Crippen LogP contribution in [0.25, 0.3) is 0 Å². The van der Waals surface area contributed by atoms with Crippen LogP contribution in [0.5, 0.6) is 0 Å². The third-order valence-electron chi connectivity index (χ3n) is 3.40. The van der Waals surface area contributed by atoms with Gasteiger partial charge in [-0.3, -0.25) is 0 Å². The predicted octanol–water partition coefficient (Wildman–Crippen LogP) is 3.03. The highest BCUT2D eigenvalue weighted by Crippen LogP contribution is 2.27. The Hall–Kier alpha value is -2.33. The second-order valence-electron chi connectivity index (χ2n) is 5.00. The van der Waals surface area contributed by atoms with Crippen LogP contribution in [0.4, 0.5) is 5.69 Å². The number of hydrogen-bond donors (Lipinski definition) is 2. The fourth-order valence-corrected chi connectivity index (χ4v) is 2.25. The van der Waals surface area contributed by atoms with E-state index in [0.29, 0.717) is 5.56 Å². The molecule has 0 aliphatic carbocycles. The maximum absolute atomic E-state index is 11.9. The minimum atomic E-state index is -1.31. The highest BCUT2D eigenvalue weighted by atomic mass is 16.5. The Morgan fingerprint density at radius 1 is 1.14 bits per heavy atom. The van der Waals surface area contributed by atoms with E-state index >= 15 is 0 Å². The molecule has 0 amide bonds. The summed E-state index contributed by atoms with van der Waals surface area (Å²) in [6, 6.07) is 16.7. The average Bonchev–Trinajstić information content (AvgIpc) is 2.49. The van der Waals surface area contributed by atoms with Crippen LogP contribution in [0.1, 0.15) is 11.1 Å². The van der Waals surface area contributed by atoms with Crippen molar-refractivity contribution in [3.05, 3.63) is 65.7 Å². The molecule has 0 saturated carbocycles. The molecule has 21 heavy (non-hydrogen) atoms. The quantitative estimate of drug-likeness (QED) is 0.856. The number of aryl methyl sites for hydroxylation is 1. The van der Waals surface area contributed by atoms with Crippen molar-refractivity contribution in [1.29, 1.82) is 0 Å². The number of aliphatic carboxylic acids is 1. The molecule has 0 fully saturated rings. The lowest BCUT2D eigenvalue weighted by atomic mass is 9.90. The van der Waals surface area contributed by atoms with Gasteiger partial charge in [-0.25, -0.2) is 4.79 Å². The molecule has 0 aliphatic rings. The Labute approximate surface area is 124 Å². The Morgan fingerprint density at radius 3 is 2.29 bits per heavy atom. The number of benzene rings is 2. The first-order chi connectivity index (χ1) is 10.1. The predicted molar refractivity (Wildman–Crippen MR) is 82.4 cm³/mol. The summed E-state index contributed by atoms with van der Waals surface area (Å²) in [5, 5.41) is 12.9. The maximum Gasteiger partial charge on any atom is 0.336 e. The number of ether oxygens (including phenoxy) is 1. The van der Waals surface area contributed by atoms with Crippen molar-refractivity contribution in [3.63, 3.8) is 0 Å². The highest BCUT2D eigenvalue weighted by molar-refractivity contribution is 5.85. The number of anilines is 1. The van der Waals surface area contributed by atoms with E-state index in [1.807, 2.05) is 49.4 Å². The van der Waals surface area contributed by atoms with Gasteiger partial charge in [-0.15, -0.1) is 0 Å². The van der Waals surface area contributed by atoms with Crippen LogP contribution >= 0.6 is 0 Å². The number of carboxylic acids is 1. The zero-order valence-electron chi connectivity index (χ0n) is 12.2. The van der Waals surface area contributed by atoms with E-state index in [0.717, 1.165) is 11.3 Å². The molecule has 4 nitrogen and oxygen atoms in total. The molecule has 1 unspecified atom stereocenters. The van der Waals surface area contributed by atoms with Gasteiger partial charge >= 0.3 is 5.97 Å². The zero-order valence-corrected chi connectivity index (χ0v) is 12.2. The van der Waals surface area contributed by atoms with Crippen LogP contribution in [-0.4, -0.2) is 24.8 Å². The van der Waals surface area contributed by atoms with Crippen molar-refractivity contribution in [2.45, 2.75) is 12.5 Å². The Balaban J connectivity index is 2.44. The van der Waals surface area contributed by atoms with Crippen LogP contribution in [0.15, 0.2) is 54.6 Å². The van der Waals surface area contributed by atoms with E-state index in [-0.39, 0.29) is 6.61 Å². The van der Waals surface area contributed by atoms with E-state index in [2.05, 4.69) is 5.32 Å². The van der Waals surface area contributed by atoms with Gasteiger partial charge in [0.15, 0.2) is 5.54 Å². The van der Waals surface area contributed by atoms with Gasteiger partial charge in [0, 0.05) is 12.8 Å². The van der Waals surface area contributed by atoms with Gasteiger partial charge in [-0.05, 0) is 24.6 Å². The van der Waals surface area contributed by atoms with Crippen molar-refractivity contribution < 1.29 is 14.6 Å². The largest absolute Gasteiger partial charge is 0.479 e. The van der Waals surface area contributed by atoms with Crippen LogP contribution < -0.4 is 5.32 Å². The fourth-order valence-electron chi connectivity index (χ4n) is 2.25. The van der Waals surface area contributed by atoms with E-state index in [1.54, 1.807) is 12.1 Å². The van der Waals surface area contributed by atoms with Crippen LogP contribution in [-0.2, 0) is 15.1 Å².